The number of carbonyl (C=O) groups excluding carboxylic acids is 1. The number of nitrogens with one attached hydrogen (secondary N) is 1. The van der Waals surface area contributed by atoms with Crippen LogP contribution >= 0.6 is 0 Å². The molecule has 7 nitrogen and oxygen atoms in total. The SMILES string of the molecule is CC[C@@]12c3cc(F)ccc3OC[C@@H](C)NC(=O)c3cnn4ccc(nc34)N1CC[C@H]2C. The van der Waals surface area contributed by atoms with E-state index >= 15 is 0 Å². The van der Waals surface area contributed by atoms with Gasteiger partial charge in [0.15, 0.2) is 5.65 Å². The number of carbonyl (C=O) groups is 1. The maximum absolute atomic E-state index is 14.5. The van der Waals surface area contributed by atoms with Gasteiger partial charge in [-0.05, 0) is 49.9 Å². The summed E-state index contributed by atoms with van der Waals surface area (Å²) >= 11 is 0. The van der Waals surface area contributed by atoms with Crippen molar-refractivity contribution in [3.8, 4) is 5.75 Å². The Balaban J connectivity index is 1.78. The van der Waals surface area contributed by atoms with Crippen molar-refractivity contribution in [2.75, 3.05) is 18.1 Å². The van der Waals surface area contributed by atoms with Gasteiger partial charge in [0.05, 0.1) is 17.8 Å². The van der Waals surface area contributed by atoms with Crippen molar-refractivity contribution in [3.63, 3.8) is 0 Å². The van der Waals surface area contributed by atoms with Crippen LogP contribution in [0.3, 0.4) is 0 Å². The number of anilines is 1. The molecule has 0 unspecified atom stereocenters. The first-order valence-electron chi connectivity index (χ1n) is 10.8. The summed E-state index contributed by atoms with van der Waals surface area (Å²) in [6.07, 6.45) is 5.07. The van der Waals surface area contributed by atoms with Gasteiger partial charge in [-0.15, -0.1) is 0 Å². The van der Waals surface area contributed by atoms with E-state index in [1.807, 2.05) is 19.2 Å². The van der Waals surface area contributed by atoms with Crippen molar-refractivity contribution >= 4 is 17.4 Å². The number of halogens is 1. The van der Waals surface area contributed by atoms with Gasteiger partial charge in [-0.1, -0.05) is 13.8 Å². The fourth-order valence-corrected chi connectivity index (χ4v) is 5.18. The maximum atomic E-state index is 14.5. The molecule has 1 N–H and O–H groups in total. The second kappa shape index (κ2) is 7.21. The Kier molecular flexibility index (Phi) is 4.60. The lowest BCUT2D eigenvalue weighted by Gasteiger charge is -2.43. The number of ether oxygens (including phenoxy) is 1. The monoisotopic (exact) mass is 423 g/mol. The Morgan fingerprint density at radius 2 is 2.16 bits per heavy atom. The molecule has 1 fully saturated rings. The zero-order valence-electron chi connectivity index (χ0n) is 17.9. The van der Waals surface area contributed by atoms with Crippen molar-refractivity contribution in [1.29, 1.82) is 0 Å². The number of aromatic nitrogens is 3. The van der Waals surface area contributed by atoms with Gasteiger partial charge in [0.25, 0.3) is 5.91 Å². The maximum Gasteiger partial charge on any atom is 0.257 e. The van der Waals surface area contributed by atoms with Gasteiger partial charge < -0.3 is 15.0 Å². The molecule has 1 amide bonds. The molecule has 2 aliphatic rings. The normalized spacial score (nSPS) is 25.8. The standard InChI is InChI=1S/C23H26FN5O2/c1-4-23-14(2)7-9-28(23)20-8-10-29-21(27-20)17(12-25-29)22(30)26-15(3)13-31-19-6-5-16(24)11-18(19)23/h5-6,8,10-12,14-15H,4,7,9,13H2,1-3H3,(H,26,30)/t14-,15-,23-/m1/s1. The van der Waals surface area contributed by atoms with Crippen LogP contribution in [-0.2, 0) is 5.54 Å². The molecule has 8 heteroatoms. The number of fused-ring (bicyclic) bond motifs is 5. The third-order valence-electron chi connectivity index (χ3n) is 6.77. The molecule has 2 aromatic heterocycles. The van der Waals surface area contributed by atoms with Crippen molar-refractivity contribution in [1.82, 2.24) is 19.9 Å². The molecule has 0 spiro atoms. The first-order chi connectivity index (χ1) is 14.9. The van der Waals surface area contributed by atoms with E-state index in [4.69, 9.17) is 9.72 Å². The molecule has 0 radical (unpaired) electrons. The topological polar surface area (TPSA) is 71.8 Å². The van der Waals surface area contributed by atoms with Crippen LogP contribution in [0.1, 0.15) is 49.5 Å². The molecular formula is C23H26FN5O2. The van der Waals surface area contributed by atoms with Crippen LogP contribution in [-0.4, -0.2) is 39.7 Å². The average Bonchev–Trinajstić information content (AvgIpc) is 3.33. The fourth-order valence-electron chi connectivity index (χ4n) is 5.18. The van der Waals surface area contributed by atoms with E-state index in [1.165, 1.54) is 6.07 Å². The molecule has 1 aromatic carbocycles. The van der Waals surface area contributed by atoms with Crippen molar-refractivity contribution < 1.29 is 13.9 Å². The second-order valence-electron chi connectivity index (χ2n) is 8.56. The molecule has 3 aromatic rings. The van der Waals surface area contributed by atoms with E-state index in [2.05, 4.69) is 29.2 Å². The number of rotatable bonds is 1. The Hall–Kier alpha value is -3.16. The molecule has 0 saturated carbocycles. The third-order valence-corrected chi connectivity index (χ3v) is 6.77. The predicted octanol–water partition coefficient (Wildman–Crippen LogP) is 3.53. The Morgan fingerprint density at radius 3 is 2.97 bits per heavy atom. The summed E-state index contributed by atoms with van der Waals surface area (Å²) in [5.41, 5.74) is 1.28. The van der Waals surface area contributed by atoms with Crippen molar-refractivity contribution in [3.05, 3.63) is 53.6 Å². The van der Waals surface area contributed by atoms with Crippen LogP contribution in [0.5, 0.6) is 5.75 Å². The highest BCUT2D eigenvalue weighted by Crippen LogP contribution is 2.50. The number of amides is 1. The van der Waals surface area contributed by atoms with E-state index in [0.29, 0.717) is 17.0 Å². The van der Waals surface area contributed by atoms with Crippen LogP contribution in [0.4, 0.5) is 10.2 Å². The van der Waals surface area contributed by atoms with E-state index in [-0.39, 0.29) is 30.3 Å². The minimum absolute atomic E-state index is 0.245. The fraction of sp³-hybridized carbons (Fsp3) is 0.435. The van der Waals surface area contributed by atoms with Crippen molar-refractivity contribution in [2.24, 2.45) is 5.92 Å². The molecule has 5 rings (SSSR count). The average molecular weight is 423 g/mol. The predicted molar refractivity (Wildman–Crippen MR) is 115 cm³/mol. The van der Waals surface area contributed by atoms with Crippen LogP contribution in [0.15, 0.2) is 36.7 Å². The minimum atomic E-state index is -0.475. The van der Waals surface area contributed by atoms with Gasteiger partial charge in [-0.3, -0.25) is 4.79 Å². The van der Waals surface area contributed by atoms with Gasteiger partial charge >= 0.3 is 0 Å². The summed E-state index contributed by atoms with van der Waals surface area (Å²) in [6.45, 7) is 7.25. The van der Waals surface area contributed by atoms with Gasteiger partial charge in [0, 0.05) is 18.3 Å². The first-order valence-corrected chi connectivity index (χ1v) is 10.8. The van der Waals surface area contributed by atoms with Gasteiger partial charge in [0.2, 0.25) is 0 Å². The van der Waals surface area contributed by atoms with E-state index in [1.54, 1.807) is 22.8 Å². The highest BCUT2D eigenvalue weighted by molar-refractivity contribution is 5.99. The van der Waals surface area contributed by atoms with Crippen molar-refractivity contribution in [2.45, 2.75) is 45.2 Å². The molecule has 1 saturated heterocycles. The Morgan fingerprint density at radius 1 is 1.32 bits per heavy atom. The largest absolute Gasteiger partial charge is 0.491 e. The number of nitrogens with zero attached hydrogens (tertiary/aromatic N) is 4. The van der Waals surface area contributed by atoms with Crippen LogP contribution in [0, 0.1) is 11.7 Å². The number of hydrogen-bond donors (Lipinski definition) is 1. The second-order valence-corrected chi connectivity index (χ2v) is 8.56. The Labute approximate surface area is 180 Å². The smallest absolute Gasteiger partial charge is 0.257 e. The summed E-state index contributed by atoms with van der Waals surface area (Å²) in [5, 5.41) is 7.24. The van der Waals surface area contributed by atoms with Crippen LogP contribution in [0.25, 0.3) is 5.65 Å². The summed E-state index contributed by atoms with van der Waals surface area (Å²) in [7, 11) is 0. The third kappa shape index (κ3) is 2.96. The lowest BCUT2D eigenvalue weighted by atomic mass is 9.77. The quantitative estimate of drug-likeness (QED) is 0.648. The first kappa shape index (κ1) is 19.8. The molecular weight excluding hydrogens is 397 g/mol. The van der Waals surface area contributed by atoms with Crippen LogP contribution < -0.4 is 15.0 Å². The number of benzene rings is 1. The lowest BCUT2D eigenvalue weighted by molar-refractivity contribution is 0.0927. The molecule has 162 valence electrons. The molecule has 4 heterocycles. The summed E-state index contributed by atoms with van der Waals surface area (Å²) in [4.78, 5) is 20.0. The minimum Gasteiger partial charge on any atom is -0.491 e. The number of hydrogen-bond acceptors (Lipinski definition) is 5. The summed E-state index contributed by atoms with van der Waals surface area (Å²) < 4.78 is 22.3. The Bertz CT molecular complexity index is 1160. The van der Waals surface area contributed by atoms with E-state index in [9.17, 15) is 9.18 Å². The highest BCUT2D eigenvalue weighted by atomic mass is 19.1. The molecule has 2 bridgehead atoms. The molecule has 0 aliphatic carbocycles. The molecule has 31 heavy (non-hydrogen) atoms. The summed E-state index contributed by atoms with van der Waals surface area (Å²) in [6, 6.07) is 6.38. The molecule has 3 atom stereocenters. The van der Waals surface area contributed by atoms with Gasteiger partial charge in [0.1, 0.15) is 29.6 Å². The molecule has 2 aliphatic heterocycles. The lowest BCUT2D eigenvalue weighted by Crippen LogP contribution is -2.45. The summed E-state index contributed by atoms with van der Waals surface area (Å²) in [5.74, 6) is 1.11. The van der Waals surface area contributed by atoms with E-state index < -0.39 is 5.54 Å². The zero-order valence-corrected chi connectivity index (χ0v) is 17.9. The van der Waals surface area contributed by atoms with Gasteiger partial charge in [-0.25, -0.2) is 13.9 Å². The van der Waals surface area contributed by atoms with E-state index in [0.717, 1.165) is 30.8 Å². The highest BCUT2D eigenvalue weighted by Gasteiger charge is 2.49. The van der Waals surface area contributed by atoms with Crippen LogP contribution in [0.2, 0.25) is 0 Å². The van der Waals surface area contributed by atoms with Gasteiger partial charge in [-0.2, -0.15) is 5.10 Å². The zero-order chi connectivity index (χ0) is 21.8.